The summed E-state index contributed by atoms with van der Waals surface area (Å²) in [5.74, 6) is 0.208. The van der Waals surface area contributed by atoms with E-state index >= 15 is 0 Å². The van der Waals surface area contributed by atoms with Gasteiger partial charge < -0.3 is 11.1 Å². The van der Waals surface area contributed by atoms with Gasteiger partial charge in [0.15, 0.2) is 0 Å². The molecule has 0 aliphatic carbocycles. The molecule has 2 aromatic carbocycles. The van der Waals surface area contributed by atoms with Gasteiger partial charge in [0.2, 0.25) is 5.91 Å². The molecule has 2 aromatic rings. The number of nitrogens with one attached hydrogen (secondary N) is 1. The van der Waals surface area contributed by atoms with Gasteiger partial charge in [-0.15, -0.1) is 12.4 Å². The molecule has 3 rings (SSSR count). The summed E-state index contributed by atoms with van der Waals surface area (Å²) in [7, 11) is 0. The molecule has 27 heavy (non-hydrogen) atoms. The largest absolute Gasteiger partial charge is 0.330 e. The minimum absolute atomic E-state index is 0. The second-order valence-electron chi connectivity index (χ2n) is 7.10. The Hall–Kier alpha value is -1.95. The number of likely N-dealkylation sites (tertiary alicyclic amines) is 1. The van der Waals surface area contributed by atoms with Crippen LogP contribution in [0.5, 0.6) is 0 Å². The van der Waals surface area contributed by atoms with Crippen LogP contribution in [0.15, 0.2) is 48.5 Å². The third kappa shape index (κ3) is 4.86. The zero-order valence-corrected chi connectivity index (χ0v) is 16.5. The Morgan fingerprint density at radius 3 is 2.59 bits per heavy atom. The van der Waals surface area contributed by atoms with Crippen LogP contribution in [-0.4, -0.2) is 36.5 Å². The Morgan fingerprint density at radius 1 is 1.26 bits per heavy atom. The van der Waals surface area contributed by atoms with Gasteiger partial charge in [0, 0.05) is 24.7 Å². The molecule has 0 spiro atoms. The monoisotopic (exact) mass is 391 g/mol. The number of anilines is 1. The number of aryl methyl sites for hydroxylation is 1. The molecule has 1 saturated heterocycles. The van der Waals surface area contributed by atoms with Crippen molar-refractivity contribution >= 4 is 24.0 Å². The standard InChI is InChI=1S/C21H26FN3O.ClH/c1-14-8-9-18(10-20(14)22)24-21(26)15(2)25-12-17(11-23)19(13-25)16-6-4-3-5-7-16;/h3-10,15,17,19H,11-13,23H2,1-2H3,(H,24,26);1H/t15?,17-,19+;/m1./s1. The van der Waals surface area contributed by atoms with Crippen molar-refractivity contribution in [3.8, 4) is 0 Å². The van der Waals surface area contributed by atoms with Crippen molar-refractivity contribution in [1.29, 1.82) is 0 Å². The highest BCUT2D eigenvalue weighted by atomic mass is 35.5. The lowest BCUT2D eigenvalue weighted by molar-refractivity contribution is -0.120. The van der Waals surface area contributed by atoms with Crippen LogP contribution >= 0.6 is 12.4 Å². The van der Waals surface area contributed by atoms with E-state index in [0.717, 1.165) is 13.1 Å². The average Bonchev–Trinajstić information content (AvgIpc) is 3.09. The number of nitrogens with two attached hydrogens (primary N) is 1. The van der Waals surface area contributed by atoms with Gasteiger partial charge in [0.25, 0.3) is 0 Å². The van der Waals surface area contributed by atoms with E-state index in [4.69, 9.17) is 5.73 Å². The van der Waals surface area contributed by atoms with Gasteiger partial charge in [0.1, 0.15) is 5.82 Å². The van der Waals surface area contributed by atoms with Gasteiger partial charge in [-0.3, -0.25) is 9.69 Å². The fraction of sp³-hybridized carbons (Fsp3) is 0.381. The summed E-state index contributed by atoms with van der Waals surface area (Å²) in [5, 5.41) is 2.82. The maximum atomic E-state index is 13.7. The molecule has 0 radical (unpaired) electrons. The van der Waals surface area contributed by atoms with E-state index in [1.807, 2.05) is 25.1 Å². The van der Waals surface area contributed by atoms with E-state index in [2.05, 4.69) is 22.3 Å². The number of hydrogen-bond acceptors (Lipinski definition) is 3. The Labute approximate surface area is 166 Å². The fourth-order valence-corrected chi connectivity index (χ4v) is 3.62. The molecule has 1 aliphatic rings. The summed E-state index contributed by atoms with van der Waals surface area (Å²) in [6.07, 6.45) is 0. The number of nitrogens with zero attached hydrogens (tertiary/aromatic N) is 1. The number of carbonyl (C=O) groups excluding carboxylic acids is 1. The highest BCUT2D eigenvalue weighted by molar-refractivity contribution is 5.94. The number of rotatable bonds is 5. The van der Waals surface area contributed by atoms with E-state index in [1.54, 1.807) is 19.1 Å². The smallest absolute Gasteiger partial charge is 0.241 e. The summed E-state index contributed by atoms with van der Waals surface area (Å²) in [6.45, 7) is 5.76. The molecule has 1 heterocycles. The second kappa shape index (κ2) is 9.31. The Kier molecular flexibility index (Phi) is 7.36. The molecule has 0 saturated carbocycles. The Bertz CT molecular complexity index is 771. The molecular weight excluding hydrogens is 365 g/mol. The number of amides is 1. The van der Waals surface area contributed by atoms with Crippen LogP contribution in [0.1, 0.15) is 24.0 Å². The molecule has 3 N–H and O–H groups in total. The molecule has 0 aromatic heterocycles. The predicted octanol–water partition coefficient (Wildman–Crippen LogP) is 3.56. The first-order valence-electron chi connectivity index (χ1n) is 9.05. The quantitative estimate of drug-likeness (QED) is 0.819. The van der Waals surface area contributed by atoms with Crippen molar-refractivity contribution in [2.45, 2.75) is 25.8 Å². The van der Waals surface area contributed by atoms with Gasteiger partial charge in [-0.05, 0) is 49.6 Å². The molecule has 3 atom stereocenters. The van der Waals surface area contributed by atoms with Crippen molar-refractivity contribution in [1.82, 2.24) is 4.90 Å². The van der Waals surface area contributed by atoms with Crippen LogP contribution in [0.3, 0.4) is 0 Å². The van der Waals surface area contributed by atoms with E-state index in [-0.39, 0.29) is 30.2 Å². The fourth-order valence-electron chi connectivity index (χ4n) is 3.62. The normalized spacial score (nSPS) is 20.7. The summed E-state index contributed by atoms with van der Waals surface area (Å²) >= 11 is 0. The van der Waals surface area contributed by atoms with Crippen LogP contribution in [0, 0.1) is 18.7 Å². The molecule has 6 heteroatoms. The van der Waals surface area contributed by atoms with Crippen molar-refractivity contribution in [2.24, 2.45) is 11.7 Å². The summed E-state index contributed by atoms with van der Waals surface area (Å²) in [5.41, 5.74) is 8.30. The second-order valence-corrected chi connectivity index (χ2v) is 7.10. The first kappa shape index (κ1) is 21.4. The predicted molar refractivity (Wildman–Crippen MR) is 110 cm³/mol. The first-order valence-corrected chi connectivity index (χ1v) is 9.05. The number of halogens is 2. The lowest BCUT2D eigenvalue weighted by Gasteiger charge is -2.23. The zero-order valence-electron chi connectivity index (χ0n) is 15.7. The van der Waals surface area contributed by atoms with Gasteiger partial charge in [0.05, 0.1) is 6.04 Å². The van der Waals surface area contributed by atoms with Gasteiger partial charge in [-0.2, -0.15) is 0 Å². The van der Waals surface area contributed by atoms with E-state index in [0.29, 0.717) is 29.6 Å². The van der Waals surface area contributed by atoms with Crippen molar-refractivity contribution in [3.63, 3.8) is 0 Å². The van der Waals surface area contributed by atoms with Crippen molar-refractivity contribution < 1.29 is 9.18 Å². The number of hydrogen-bond donors (Lipinski definition) is 2. The van der Waals surface area contributed by atoms with Crippen LogP contribution in [0.25, 0.3) is 0 Å². The number of benzene rings is 2. The van der Waals surface area contributed by atoms with Gasteiger partial charge >= 0.3 is 0 Å². The molecule has 1 unspecified atom stereocenters. The average molecular weight is 392 g/mol. The Balaban J connectivity index is 0.00000261. The minimum Gasteiger partial charge on any atom is -0.330 e. The lowest BCUT2D eigenvalue weighted by Crippen LogP contribution is -2.41. The minimum atomic E-state index is -0.316. The summed E-state index contributed by atoms with van der Waals surface area (Å²) in [6, 6.07) is 14.8. The van der Waals surface area contributed by atoms with E-state index in [1.165, 1.54) is 11.6 Å². The molecule has 4 nitrogen and oxygen atoms in total. The molecular formula is C21H27ClFN3O. The van der Waals surface area contributed by atoms with Crippen molar-refractivity contribution in [2.75, 3.05) is 25.0 Å². The molecule has 0 bridgehead atoms. The van der Waals surface area contributed by atoms with Crippen molar-refractivity contribution in [3.05, 3.63) is 65.5 Å². The lowest BCUT2D eigenvalue weighted by atomic mass is 9.89. The van der Waals surface area contributed by atoms with Crippen LogP contribution in [0.4, 0.5) is 10.1 Å². The molecule has 1 amide bonds. The van der Waals surface area contributed by atoms with Gasteiger partial charge in [-0.1, -0.05) is 36.4 Å². The van der Waals surface area contributed by atoms with Gasteiger partial charge in [-0.25, -0.2) is 4.39 Å². The van der Waals surface area contributed by atoms with Crippen LogP contribution in [-0.2, 0) is 4.79 Å². The highest BCUT2D eigenvalue weighted by Gasteiger charge is 2.36. The summed E-state index contributed by atoms with van der Waals surface area (Å²) < 4.78 is 13.7. The first-order chi connectivity index (χ1) is 12.5. The maximum Gasteiger partial charge on any atom is 0.241 e. The van der Waals surface area contributed by atoms with E-state index < -0.39 is 0 Å². The maximum absolute atomic E-state index is 13.7. The van der Waals surface area contributed by atoms with Crippen LogP contribution < -0.4 is 11.1 Å². The third-order valence-corrected chi connectivity index (χ3v) is 5.37. The molecule has 1 aliphatic heterocycles. The highest BCUT2D eigenvalue weighted by Crippen LogP contribution is 2.33. The summed E-state index contributed by atoms with van der Waals surface area (Å²) in [4.78, 5) is 14.8. The van der Waals surface area contributed by atoms with Crippen LogP contribution in [0.2, 0.25) is 0 Å². The third-order valence-electron chi connectivity index (χ3n) is 5.37. The molecule has 146 valence electrons. The Morgan fingerprint density at radius 2 is 1.96 bits per heavy atom. The molecule has 1 fully saturated rings. The van der Waals surface area contributed by atoms with E-state index in [9.17, 15) is 9.18 Å². The SMILES string of the molecule is Cc1ccc(NC(=O)C(C)N2C[C@@H](CN)[C@H](c3ccccc3)C2)cc1F.Cl. The topological polar surface area (TPSA) is 58.4 Å². The zero-order chi connectivity index (χ0) is 18.7. The number of carbonyl (C=O) groups is 1.